The van der Waals surface area contributed by atoms with Crippen molar-refractivity contribution in [2.24, 2.45) is 0 Å². The van der Waals surface area contributed by atoms with E-state index < -0.39 is 0 Å². The summed E-state index contributed by atoms with van der Waals surface area (Å²) in [7, 11) is 0. The summed E-state index contributed by atoms with van der Waals surface area (Å²) >= 11 is 5.01. The summed E-state index contributed by atoms with van der Waals surface area (Å²) in [5.74, 6) is 0.0241. The minimum atomic E-state index is 0.00976. The van der Waals surface area contributed by atoms with Crippen molar-refractivity contribution >= 4 is 38.9 Å². The van der Waals surface area contributed by atoms with Crippen molar-refractivity contribution in [1.82, 2.24) is 0 Å². The van der Waals surface area contributed by atoms with Crippen molar-refractivity contribution < 1.29 is 4.79 Å². The van der Waals surface area contributed by atoms with Crippen LogP contribution in [0.15, 0.2) is 40.2 Å². The van der Waals surface area contributed by atoms with E-state index in [1.807, 2.05) is 30.3 Å². The number of amides is 1. The topological polar surface area (TPSA) is 29.1 Å². The Morgan fingerprint density at radius 3 is 2.50 bits per heavy atom. The molecule has 0 bridgehead atoms. The Morgan fingerprint density at radius 2 is 1.90 bits per heavy atom. The van der Waals surface area contributed by atoms with E-state index in [0.717, 1.165) is 19.9 Å². The molecule has 0 fully saturated rings. The SMILES string of the molecule is CC(C)(C)c1ccccc1NC(=O)Cc1ccc(Br)s1. The van der Waals surface area contributed by atoms with Gasteiger partial charge in [-0.1, -0.05) is 39.0 Å². The fourth-order valence-electron chi connectivity index (χ4n) is 2.05. The van der Waals surface area contributed by atoms with Crippen molar-refractivity contribution in [2.45, 2.75) is 32.6 Å². The van der Waals surface area contributed by atoms with E-state index in [1.165, 1.54) is 0 Å². The Labute approximate surface area is 132 Å². The molecule has 1 aromatic carbocycles. The first-order valence-corrected chi connectivity index (χ1v) is 8.11. The van der Waals surface area contributed by atoms with Gasteiger partial charge in [0.1, 0.15) is 0 Å². The Balaban J connectivity index is 2.12. The number of benzene rings is 1. The minimum absolute atomic E-state index is 0.00976. The highest BCUT2D eigenvalue weighted by Crippen LogP contribution is 2.29. The molecule has 20 heavy (non-hydrogen) atoms. The molecule has 1 heterocycles. The van der Waals surface area contributed by atoms with E-state index in [4.69, 9.17) is 0 Å². The molecule has 2 nitrogen and oxygen atoms in total. The van der Waals surface area contributed by atoms with E-state index in [-0.39, 0.29) is 11.3 Å². The normalized spacial score (nSPS) is 11.4. The zero-order chi connectivity index (χ0) is 14.8. The van der Waals surface area contributed by atoms with Gasteiger partial charge in [0.25, 0.3) is 0 Å². The molecule has 106 valence electrons. The average molecular weight is 352 g/mol. The van der Waals surface area contributed by atoms with E-state index >= 15 is 0 Å². The van der Waals surface area contributed by atoms with Gasteiger partial charge in [0.05, 0.1) is 10.2 Å². The molecule has 0 spiro atoms. The Bertz CT molecular complexity index is 613. The van der Waals surface area contributed by atoms with Crippen molar-refractivity contribution in [3.05, 3.63) is 50.6 Å². The summed E-state index contributed by atoms with van der Waals surface area (Å²) in [6.07, 6.45) is 0.411. The minimum Gasteiger partial charge on any atom is -0.326 e. The van der Waals surface area contributed by atoms with Gasteiger partial charge in [0.15, 0.2) is 0 Å². The van der Waals surface area contributed by atoms with Gasteiger partial charge in [-0.2, -0.15) is 0 Å². The zero-order valence-electron chi connectivity index (χ0n) is 11.9. The average Bonchev–Trinajstić information content (AvgIpc) is 2.73. The van der Waals surface area contributed by atoms with Crippen LogP contribution in [0.2, 0.25) is 0 Å². The molecular weight excluding hydrogens is 334 g/mol. The van der Waals surface area contributed by atoms with Gasteiger partial charge in [-0.05, 0) is 45.1 Å². The van der Waals surface area contributed by atoms with Gasteiger partial charge in [0.2, 0.25) is 5.91 Å². The molecule has 0 unspecified atom stereocenters. The molecule has 4 heteroatoms. The lowest BCUT2D eigenvalue weighted by Crippen LogP contribution is -2.19. The number of rotatable bonds is 3. The molecule has 1 amide bonds. The van der Waals surface area contributed by atoms with Crippen molar-refractivity contribution in [3.63, 3.8) is 0 Å². The third kappa shape index (κ3) is 3.93. The number of anilines is 1. The Hall–Kier alpha value is -1.13. The molecule has 1 aromatic heterocycles. The highest BCUT2D eigenvalue weighted by Gasteiger charge is 2.18. The maximum absolute atomic E-state index is 12.2. The highest BCUT2D eigenvalue weighted by atomic mass is 79.9. The quantitative estimate of drug-likeness (QED) is 0.828. The van der Waals surface area contributed by atoms with Crippen LogP contribution in [0, 0.1) is 0 Å². The molecule has 0 aliphatic carbocycles. The van der Waals surface area contributed by atoms with Gasteiger partial charge in [-0.15, -0.1) is 11.3 Å². The predicted molar refractivity (Wildman–Crippen MR) is 89.5 cm³/mol. The van der Waals surface area contributed by atoms with Crippen LogP contribution in [0.3, 0.4) is 0 Å². The molecule has 0 radical (unpaired) electrons. The summed E-state index contributed by atoms with van der Waals surface area (Å²) in [5, 5.41) is 3.03. The fraction of sp³-hybridized carbons (Fsp3) is 0.312. The van der Waals surface area contributed by atoms with Crippen molar-refractivity contribution in [3.8, 4) is 0 Å². The van der Waals surface area contributed by atoms with Gasteiger partial charge in [0, 0.05) is 10.6 Å². The summed E-state index contributed by atoms with van der Waals surface area (Å²) in [4.78, 5) is 13.2. The number of hydrogen-bond donors (Lipinski definition) is 1. The van der Waals surface area contributed by atoms with Gasteiger partial charge in [-0.3, -0.25) is 4.79 Å². The molecule has 1 N–H and O–H groups in total. The third-order valence-electron chi connectivity index (χ3n) is 2.97. The Morgan fingerprint density at radius 1 is 1.20 bits per heavy atom. The smallest absolute Gasteiger partial charge is 0.229 e. The summed E-state index contributed by atoms with van der Waals surface area (Å²) in [5.41, 5.74) is 2.07. The summed E-state index contributed by atoms with van der Waals surface area (Å²) < 4.78 is 1.05. The van der Waals surface area contributed by atoms with E-state index in [2.05, 4.69) is 48.1 Å². The first kappa shape index (κ1) is 15.3. The molecule has 0 atom stereocenters. The molecular formula is C16H18BrNOS. The molecule has 2 aromatic rings. The maximum Gasteiger partial charge on any atom is 0.229 e. The predicted octanol–water partition coefficient (Wildman–Crippen LogP) is 4.99. The van der Waals surface area contributed by atoms with Crippen LogP contribution in [-0.2, 0) is 16.6 Å². The molecule has 0 saturated heterocycles. The number of carbonyl (C=O) groups excluding carboxylic acids is 1. The lowest BCUT2D eigenvalue weighted by molar-refractivity contribution is -0.115. The van der Waals surface area contributed by atoms with Gasteiger partial charge >= 0.3 is 0 Å². The molecule has 0 aliphatic heterocycles. The molecule has 2 rings (SSSR count). The zero-order valence-corrected chi connectivity index (χ0v) is 14.3. The number of nitrogens with one attached hydrogen (secondary N) is 1. The van der Waals surface area contributed by atoms with Crippen molar-refractivity contribution in [2.75, 3.05) is 5.32 Å². The highest BCUT2D eigenvalue weighted by molar-refractivity contribution is 9.11. The van der Waals surface area contributed by atoms with Crippen LogP contribution in [0.25, 0.3) is 0 Å². The van der Waals surface area contributed by atoms with Crippen LogP contribution >= 0.6 is 27.3 Å². The summed E-state index contributed by atoms with van der Waals surface area (Å²) in [6, 6.07) is 11.9. The lowest BCUT2D eigenvalue weighted by Gasteiger charge is -2.22. The van der Waals surface area contributed by atoms with Crippen LogP contribution in [0.5, 0.6) is 0 Å². The molecule has 0 saturated carbocycles. The number of hydrogen-bond acceptors (Lipinski definition) is 2. The summed E-state index contributed by atoms with van der Waals surface area (Å²) in [6.45, 7) is 6.44. The fourth-order valence-corrected chi connectivity index (χ4v) is 3.53. The van der Waals surface area contributed by atoms with Crippen LogP contribution in [0.4, 0.5) is 5.69 Å². The monoisotopic (exact) mass is 351 g/mol. The largest absolute Gasteiger partial charge is 0.326 e. The van der Waals surface area contributed by atoms with Crippen molar-refractivity contribution in [1.29, 1.82) is 0 Å². The van der Waals surface area contributed by atoms with Crippen LogP contribution < -0.4 is 5.32 Å². The first-order valence-electron chi connectivity index (χ1n) is 6.50. The first-order chi connectivity index (χ1) is 9.36. The Kier molecular flexibility index (Phi) is 4.66. The van der Waals surface area contributed by atoms with Crippen LogP contribution in [-0.4, -0.2) is 5.91 Å². The maximum atomic E-state index is 12.2. The standard InChI is InChI=1S/C16H18BrNOS/c1-16(2,3)12-6-4-5-7-13(12)18-15(19)10-11-8-9-14(17)20-11/h4-9H,10H2,1-3H3,(H,18,19). The number of para-hydroxylation sites is 1. The second kappa shape index (κ2) is 6.10. The van der Waals surface area contributed by atoms with Gasteiger partial charge in [-0.25, -0.2) is 0 Å². The number of halogens is 1. The second-order valence-electron chi connectivity index (χ2n) is 5.73. The van der Waals surface area contributed by atoms with E-state index in [9.17, 15) is 4.79 Å². The number of carbonyl (C=O) groups is 1. The van der Waals surface area contributed by atoms with Gasteiger partial charge < -0.3 is 5.32 Å². The van der Waals surface area contributed by atoms with E-state index in [0.29, 0.717) is 6.42 Å². The second-order valence-corrected chi connectivity index (χ2v) is 8.27. The lowest BCUT2D eigenvalue weighted by atomic mass is 9.86. The van der Waals surface area contributed by atoms with Crippen LogP contribution in [0.1, 0.15) is 31.2 Å². The van der Waals surface area contributed by atoms with E-state index in [1.54, 1.807) is 11.3 Å². The third-order valence-corrected chi connectivity index (χ3v) is 4.60. The number of thiophene rings is 1. The molecule has 0 aliphatic rings.